The third-order valence-corrected chi connectivity index (χ3v) is 10.5. The molecule has 0 saturated heterocycles. The van der Waals surface area contributed by atoms with Gasteiger partial charge in [-0.05, 0) is 91.5 Å². The molecule has 1 aliphatic heterocycles. The van der Waals surface area contributed by atoms with E-state index in [2.05, 4.69) is 195 Å². The summed E-state index contributed by atoms with van der Waals surface area (Å²) in [7, 11) is 0. The van der Waals surface area contributed by atoms with E-state index in [1.165, 1.54) is 55.6 Å². The van der Waals surface area contributed by atoms with Crippen molar-refractivity contribution in [3.8, 4) is 44.5 Å². The van der Waals surface area contributed by atoms with Crippen LogP contribution in [0.5, 0.6) is 0 Å². The lowest BCUT2D eigenvalue weighted by Gasteiger charge is -2.24. The highest BCUT2D eigenvalue weighted by atomic mass is 15.0. The average Bonchev–Trinajstić information content (AvgIpc) is 3.44. The molecule has 0 amide bonds. The summed E-state index contributed by atoms with van der Waals surface area (Å²) in [6.07, 6.45) is 2.24. The molecule has 1 aliphatic carbocycles. The van der Waals surface area contributed by atoms with E-state index in [9.17, 15) is 0 Å². The normalized spacial score (nSPS) is 15.6. The van der Waals surface area contributed by atoms with Gasteiger partial charge in [-0.3, -0.25) is 0 Å². The maximum Gasteiger partial charge on any atom is 0.134 e. The summed E-state index contributed by atoms with van der Waals surface area (Å²) in [5, 5.41) is 3.67. The molecule has 1 atom stereocenters. The first-order valence-corrected chi connectivity index (χ1v) is 17.7. The van der Waals surface area contributed by atoms with E-state index >= 15 is 0 Å². The Labute approximate surface area is 300 Å². The summed E-state index contributed by atoms with van der Waals surface area (Å²) in [4.78, 5) is 5.15. The first kappa shape index (κ1) is 30.8. The highest BCUT2D eigenvalue weighted by Gasteiger charge is 2.35. The molecule has 51 heavy (non-hydrogen) atoms. The zero-order valence-electron chi connectivity index (χ0n) is 28.8. The van der Waals surface area contributed by atoms with Crippen molar-refractivity contribution >= 4 is 11.5 Å². The maximum atomic E-state index is 5.15. The zero-order chi connectivity index (χ0) is 34.4. The molecule has 244 valence electrons. The van der Waals surface area contributed by atoms with Crippen LogP contribution >= 0.6 is 0 Å². The van der Waals surface area contributed by atoms with Gasteiger partial charge < -0.3 is 5.32 Å². The highest BCUT2D eigenvalue weighted by molar-refractivity contribution is 6.03. The van der Waals surface area contributed by atoms with E-state index in [1.54, 1.807) is 0 Å². The molecule has 0 spiro atoms. The van der Waals surface area contributed by atoms with Crippen LogP contribution in [0.25, 0.3) is 50.2 Å². The summed E-state index contributed by atoms with van der Waals surface area (Å²) >= 11 is 0. The van der Waals surface area contributed by atoms with E-state index < -0.39 is 0 Å². The van der Waals surface area contributed by atoms with Crippen molar-refractivity contribution in [1.82, 2.24) is 5.32 Å². The van der Waals surface area contributed by atoms with E-state index in [0.29, 0.717) is 0 Å². The van der Waals surface area contributed by atoms with Gasteiger partial charge in [0, 0.05) is 16.5 Å². The van der Waals surface area contributed by atoms with Crippen molar-refractivity contribution in [3.05, 3.63) is 210 Å². The van der Waals surface area contributed by atoms with Gasteiger partial charge in [-0.1, -0.05) is 166 Å². The Balaban J connectivity index is 1.05. The molecule has 1 heterocycles. The van der Waals surface area contributed by atoms with Gasteiger partial charge in [0.25, 0.3) is 0 Å². The van der Waals surface area contributed by atoms with Crippen molar-refractivity contribution in [2.75, 3.05) is 0 Å². The van der Waals surface area contributed by atoms with Crippen molar-refractivity contribution in [2.45, 2.75) is 25.3 Å². The molecule has 0 radical (unpaired) electrons. The number of nitrogens with zero attached hydrogens (tertiary/aromatic N) is 1. The molecule has 2 heteroatoms. The SMILES string of the molecule is CC1(C)c2ccccc2-c2cc(-c3cccc(-c4cccc(-c5cccc(C6=CC(c7ccccc7)NC(c7ccccc7)=N6)c5)c4)c3)ccc21. The molecule has 1 N–H and O–H groups in total. The molecule has 7 aromatic carbocycles. The second-order valence-corrected chi connectivity index (χ2v) is 14.1. The van der Waals surface area contributed by atoms with Crippen LogP contribution in [0.3, 0.4) is 0 Å². The summed E-state index contributed by atoms with van der Waals surface area (Å²) in [5.41, 5.74) is 17.1. The highest BCUT2D eigenvalue weighted by Crippen LogP contribution is 2.49. The topological polar surface area (TPSA) is 24.4 Å². The van der Waals surface area contributed by atoms with Crippen LogP contribution in [-0.4, -0.2) is 5.84 Å². The molecule has 7 aromatic rings. The summed E-state index contributed by atoms with van der Waals surface area (Å²) in [5.74, 6) is 0.880. The Bertz CT molecular complexity index is 2470. The first-order chi connectivity index (χ1) is 25.0. The molecular formula is C49H38N2. The molecule has 0 saturated carbocycles. The van der Waals surface area contributed by atoms with Gasteiger partial charge >= 0.3 is 0 Å². The standard InChI is InChI=1S/C49H38N2/c1-49(2)44-25-10-9-24-42(44)43-31-40(26-27-45(43)49)38-21-12-19-36(29-38)35-18-11-20-37(28-35)39-22-13-23-41(30-39)47-32-46(33-14-5-3-6-15-33)50-48(51-47)34-16-7-4-8-17-34/h3-32,46H,1-2H3,(H,50,51). The zero-order valence-corrected chi connectivity index (χ0v) is 28.8. The fourth-order valence-corrected chi connectivity index (χ4v) is 7.80. The van der Waals surface area contributed by atoms with Crippen LogP contribution in [0, 0.1) is 0 Å². The van der Waals surface area contributed by atoms with Crippen molar-refractivity contribution < 1.29 is 0 Å². The Kier molecular flexibility index (Phi) is 7.59. The Hall–Kier alpha value is -6.25. The minimum atomic E-state index is 0.00853. The van der Waals surface area contributed by atoms with Crippen LogP contribution in [0.2, 0.25) is 0 Å². The van der Waals surface area contributed by atoms with Crippen molar-refractivity contribution in [2.24, 2.45) is 4.99 Å². The van der Waals surface area contributed by atoms with E-state index in [0.717, 1.165) is 28.2 Å². The maximum absolute atomic E-state index is 5.15. The van der Waals surface area contributed by atoms with Gasteiger partial charge in [0.1, 0.15) is 5.84 Å². The van der Waals surface area contributed by atoms with Gasteiger partial charge in [-0.25, -0.2) is 4.99 Å². The average molecular weight is 655 g/mol. The van der Waals surface area contributed by atoms with Crippen LogP contribution in [0.15, 0.2) is 187 Å². The van der Waals surface area contributed by atoms with Crippen molar-refractivity contribution in [3.63, 3.8) is 0 Å². The van der Waals surface area contributed by atoms with Gasteiger partial charge in [0.05, 0.1) is 11.7 Å². The number of benzene rings is 7. The fourth-order valence-electron chi connectivity index (χ4n) is 7.80. The number of aliphatic imine (C=N–C) groups is 1. The minimum Gasteiger partial charge on any atom is -0.359 e. The second kappa shape index (κ2) is 12.6. The fraction of sp³-hybridized carbons (Fsp3) is 0.0816. The Morgan fingerprint density at radius 1 is 0.431 bits per heavy atom. The van der Waals surface area contributed by atoms with Crippen LogP contribution < -0.4 is 5.32 Å². The first-order valence-electron chi connectivity index (χ1n) is 17.7. The molecule has 2 aliphatic rings. The Morgan fingerprint density at radius 3 is 1.57 bits per heavy atom. The summed E-state index contributed by atoms with van der Waals surface area (Å²) in [6.45, 7) is 4.67. The monoisotopic (exact) mass is 654 g/mol. The quantitative estimate of drug-likeness (QED) is 0.190. The third kappa shape index (κ3) is 5.69. The molecule has 1 unspecified atom stereocenters. The van der Waals surface area contributed by atoms with E-state index in [1.807, 2.05) is 6.07 Å². The molecule has 2 nitrogen and oxygen atoms in total. The molecule has 9 rings (SSSR count). The van der Waals surface area contributed by atoms with Gasteiger partial charge in [-0.2, -0.15) is 0 Å². The van der Waals surface area contributed by atoms with Crippen LogP contribution in [0.4, 0.5) is 0 Å². The smallest absolute Gasteiger partial charge is 0.134 e. The number of hydrogen-bond acceptors (Lipinski definition) is 2. The molecule has 0 fully saturated rings. The van der Waals surface area contributed by atoms with Gasteiger partial charge in [0.2, 0.25) is 0 Å². The van der Waals surface area contributed by atoms with Crippen LogP contribution in [0.1, 0.15) is 47.7 Å². The summed E-state index contributed by atoms with van der Waals surface area (Å²) < 4.78 is 0. The second-order valence-electron chi connectivity index (χ2n) is 14.1. The van der Waals surface area contributed by atoms with E-state index in [4.69, 9.17) is 4.99 Å². The summed E-state index contributed by atoms with van der Waals surface area (Å²) in [6, 6.07) is 63.4. The predicted molar refractivity (Wildman–Crippen MR) is 214 cm³/mol. The number of fused-ring (bicyclic) bond motifs is 3. The number of hydrogen-bond donors (Lipinski definition) is 1. The number of amidine groups is 1. The third-order valence-electron chi connectivity index (χ3n) is 10.5. The van der Waals surface area contributed by atoms with Gasteiger partial charge in [-0.15, -0.1) is 0 Å². The van der Waals surface area contributed by atoms with Crippen molar-refractivity contribution in [1.29, 1.82) is 0 Å². The van der Waals surface area contributed by atoms with Crippen LogP contribution in [-0.2, 0) is 5.41 Å². The molecule has 0 bridgehead atoms. The van der Waals surface area contributed by atoms with E-state index in [-0.39, 0.29) is 11.5 Å². The number of nitrogens with one attached hydrogen (secondary N) is 1. The van der Waals surface area contributed by atoms with Gasteiger partial charge in [0.15, 0.2) is 0 Å². The molecular weight excluding hydrogens is 617 g/mol. The largest absolute Gasteiger partial charge is 0.359 e. The lowest BCUT2D eigenvalue weighted by molar-refractivity contribution is 0.660. The number of rotatable bonds is 6. The minimum absolute atomic E-state index is 0.00853. The molecule has 0 aromatic heterocycles. The Morgan fingerprint density at radius 2 is 0.922 bits per heavy atom. The lowest BCUT2D eigenvalue weighted by Crippen LogP contribution is -2.31. The predicted octanol–water partition coefficient (Wildman–Crippen LogP) is 12.1. The lowest BCUT2D eigenvalue weighted by atomic mass is 9.82.